The molecule has 0 spiro atoms. The third-order valence-electron chi connectivity index (χ3n) is 3.72. The lowest BCUT2D eigenvalue weighted by atomic mass is 9.99. The van der Waals surface area contributed by atoms with Gasteiger partial charge in [-0.15, -0.1) is 0 Å². The maximum absolute atomic E-state index is 11.9. The van der Waals surface area contributed by atoms with Crippen LogP contribution in [0.25, 0.3) is 0 Å². The summed E-state index contributed by atoms with van der Waals surface area (Å²) in [5.41, 5.74) is 2.33. The number of carbonyl (C=O) groups excluding carboxylic acids is 1. The molecule has 1 aliphatic heterocycles. The molecule has 0 aromatic heterocycles. The molecule has 4 nitrogen and oxygen atoms in total. The van der Waals surface area contributed by atoms with Crippen molar-refractivity contribution in [3.63, 3.8) is 0 Å². The first kappa shape index (κ1) is 16.5. The van der Waals surface area contributed by atoms with Crippen molar-refractivity contribution in [1.29, 1.82) is 0 Å². The molecule has 1 heterocycles. The second-order valence-electron chi connectivity index (χ2n) is 5.18. The Balaban J connectivity index is 2.20. The molecule has 1 unspecified atom stereocenters. The van der Waals surface area contributed by atoms with E-state index >= 15 is 0 Å². The second kappa shape index (κ2) is 7.92. The number of hydrogen-bond acceptors (Lipinski definition) is 4. The van der Waals surface area contributed by atoms with E-state index in [-0.39, 0.29) is 12.0 Å². The normalized spacial score (nSPS) is 17.5. The number of ether oxygens (including phenoxy) is 2. The summed E-state index contributed by atoms with van der Waals surface area (Å²) in [6, 6.07) is 6.32. The topological polar surface area (TPSA) is 38.8 Å². The Bertz CT molecular complexity index is 486. The highest BCUT2D eigenvalue weighted by Crippen LogP contribution is 2.28. The Kier molecular flexibility index (Phi) is 6.21. The summed E-state index contributed by atoms with van der Waals surface area (Å²) in [5.74, 6) is -0.144. The predicted octanol–water partition coefficient (Wildman–Crippen LogP) is 3.08. The van der Waals surface area contributed by atoms with E-state index < -0.39 is 0 Å². The van der Waals surface area contributed by atoms with Gasteiger partial charge in [-0.3, -0.25) is 9.69 Å². The van der Waals surface area contributed by atoms with Crippen LogP contribution >= 0.6 is 15.9 Å². The zero-order chi connectivity index (χ0) is 15.2. The lowest BCUT2D eigenvalue weighted by molar-refractivity contribution is -0.145. The largest absolute Gasteiger partial charge is 0.466 e. The number of hydrogen-bond donors (Lipinski definition) is 0. The average Bonchev–Trinajstić information content (AvgIpc) is 2.49. The first-order valence-corrected chi connectivity index (χ1v) is 8.14. The minimum Gasteiger partial charge on any atom is -0.466 e. The molecule has 1 aromatic carbocycles. The van der Waals surface area contributed by atoms with Crippen LogP contribution in [0, 0.1) is 6.92 Å². The Morgan fingerprint density at radius 3 is 2.76 bits per heavy atom. The predicted molar refractivity (Wildman–Crippen MR) is 85.3 cm³/mol. The maximum Gasteiger partial charge on any atom is 0.307 e. The van der Waals surface area contributed by atoms with Crippen molar-refractivity contribution in [2.24, 2.45) is 0 Å². The van der Waals surface area contributed by atoms with Gasteiger partial charge in [0.05, 0.1) is 26.2 Å². The monoisotopic (exact) mass is 355 g/mol. The molecular weight excluding hydrogens is 334 g/mol. The van der Waals surface area contributed by atoms with E-state index in [1.54, 1.807) is 0 Å². The van der Waals surface area contributed by atoms with E-state index in [4.69, 9.17) is 9.47 Å². The van der Waals surface area contributed by atoms with Gasteiger partial charge in [0.25, 0.3) is 0 Å². The van der Waals surface area contributed by atoms with E-state index in [0.717, 1.165) is 36.3 Å². The molecule has 1 atom stereocenters. The molecule has 0 N–H and O–H groups in total. The SMILES string of the molecule is CCOC(=O)CC(c1ccc(Br)c(C)c1)N1CCOCC1. The first-order chi connectivity index (χ1) is 10.1. The molecule has 0 aliphatic carbocycles. The fourth-order valence-electron chi connectivity index (χ4n) is 2.60. The van der Waals surface area contributed by atoms with Crippen LogP contribution in [0.2, 0.25) is 0 Å². The van der Waals surface area contributed by atoms with Crippen molar-refractivity contribution in [2.45, 2.75) is 26.3 Å². The number of morpholine rings is 1. The van der Waals surface area contributed by atoms with Crippen molar-refractivity contribution in [3.8, 4) is 0 Å². The first-order valence-electron chi connectivity index (χ1n) is 7.35. The number of nitrogens with zero attached hydrogens (tertiary/aromatic N) is 1. The summed E-state index contributed by atoms with van der Waals surface area (Å²) in [7, 11) is 0. The number of halogens is 1. The van der Waals surface area contributed by atoms with Crippen LogP contribution in [0.1, 0.15) is 30.5 Å². The lowest BCUT2D eigenvalue weighted by Gasteiger charge is -2.34. The Hall–Kier alpha value is -0.910. The fraction of sp³-hybridized carbons (Fsp3) is 0.562. The highest BCUT2D eigenvalue weighted by Gasteiger charge is 2.25. The number of esters is 1. The summed E-state index contributed by atoms with van der Waals surface area (Å²) < 4.78 is 11.6. The quantitative estimate of drug-likeness (QED) is 0.760. The Morgan fingerprint density at radius 1 is 1.43 bits per heavy atom. The second-order valence-corrected chi connectivity index (χ2v) is 6.04. The molecule has 116 valence electrons. The standard InChI is InChI=1S/C16H22BrNO3/c1-3-21-16(19)11-15(18-6-8-20-9-7-18)13-4-5-14(17)12(2)10-13/h4-5,10,15H,3,6-9,11H2,1-2H3. The van der Waals surface area contributed by atoms with Crippen LogP contribution in [0.4, 0.5) is 0 Å². The molecule has 0 amide bonds. The van der Waals surface area contributed by atoms with Crippen molar-refractivity contribution in [3.05, 3.63) is 33.8 Å². The van der Waals surface area contributed by atoms with Gasteiger partial charge in [-0.1, -0.05) is 28.1 Å². The highest BCUT2D eigenvalue weighted by molar-refractivity contribution is 9.10. The maximum atomic E-state index is 11.9. The van der Waals surface area contributed by atoms with E-state index in [2.05, 4.69) is 39.9 Å². The summed E-state index contributed by atoms with van der Waals surface area (Å²) in [4.78, 5) is 14.2. The molecule has 0 radical (unpaired) electrons. The van der Waals surface area contributed by atoms with Gasteiger partial charge in [0.15, 0.2) is 0 Å². The number of aryl methyl sites for hydroxylation is 1. The molecule has 0 saturated carbocycles. The smallest absolute Gasteiger partial charge is 0.307 e. The molecule has 1 fully saturated rings. The van der Waals surface area contributed by atoms with Crippen molar-refractivity contribution in [2.75, 3.05) is 32.9 Å². The zero-order valence-corrected chi connectivity index (χ0v) is 14.2. The number of carbonyl (C=O) groups is 1. The van der Waals surface area contributed by atoms with Gasteiger partial charge in [0.1, 0.15) is 0 Å². The van der Waals surface area contributed by atoms with Crippen LogP contribution in [0.5, 0.6) is 0 Å². The van der Waals surface area contributed by atoms with Crippen molar-refractivity contribution in [1.82, 2.24) is 4.90 Å². The van der Waals surface area contributed by atoms with Gasteiger partial charge in [-0.05, 0) is 31.0 Å². The Morgan fingerprint density at radius 2 is 2.14 bits per heavy atom. The molecule has 1 aromatic rings. The van der Waals surface area contributed by atoms with Crippen LogP contribution < -0.4 is 0 Å². The van der Waals surface area contributed by atoms with E-state index in [1.165, 1.54) is 5.56 Å². The molecule has 21 heavy (non-hydrogen) atoms. The van der Waals surface area contributed by atoms with Gasteiger partial charge >= 0.3 is 5.97 Å². The van der Waals surface area contributed by atoms with Gasteiger partial charge in [-0.2, -0.15) is 0 Å². The third-order valence-corrected chi connectivity index (χ3v) is 4.61. The van der Waals surface area contributed by atoms with E-state index in [0.29, 0.717) is 13.0 Å². The van der Waals surface area contributed by atoms with Crippen LogP contribution in [0.3, 0.4) is 0 Å². The molecular formula is C16H22BrNO3. The van der Waals surface area contributed by atoms with Crippen molar-refractivity contribution >= 4 is 21.9 Å². The van der Waals surface area contributed by atoms with Gasteiger partial charge < -0.3 is 9.47 Å². The average molecular weight is 356 g/mol. The summed E-state index contributed by atoms with van der Waals surface area (Å²) in [5, 5.41) is 0. The number of benzene rings is 1. The van der Waals surface area contributed by atoms with E-state index in [9.17, 15) is 4.79 Å². The van der Waals surface area contributed by atoms with Crippen LogP contribution in [0.15, 0.2) is 22.7 Å². The molecule has 1 aliphatic rings. The summed E-state index contributed by atoms with van der Waals surface area (Å²) >= 11 is 3.52. The minimum atomic E-state index is -0.144. The van der Waals surface area contributed by atoms with Crippen LogP contribution in [-0.4, -0.2) is 43.8 Å². The summed E-state index contributed by atoms with van der Waals surface area (Å²) in [6.45, 7) is 7.45. The van der Waals surface area contributed by atoms with Crippen LogP contribution in [-0.2, 0) is 14.3 Å². The molecule has 2 rings (SSSR count). The Labute approximate surface area is 134 Å². The minimum absolute atomic E-state index is 0.0553. The fourth-order valence-corrected chi connectivity index (χ4v) is 2.85. The lowest BCUT2D eigenvalue weighted by Crippen LogP contribution is -2.40. The molecule has 1 saturated heterocycles. The van der Waals surface area contributed by atoms with Gasteiger partial charge in [0.2, 0.25) is 0 Å². The van der Waals surface area contributed by atoms with E-state index in [1.807, 2.05) is 13.0 Å². The number of rotatable bonds is 5. The van der Waals surface area contributed by atoms with Gasteiger partial charge in [0, 0.05) is 23.6 Å². The summed E-state index contributed by atoms with van der Waals surface area (Å²) in [6.07, 6.45) is 0.384. The van der Waals surface area contributed by atoms with Gasteiger partial charge in [-0.25, -0.2) is 0 Å². The third kappa shape index (κ3) is 4.53. The van der Waals surface area contributed by atoms with Crippen molar-refractivity contribution < 1.29 is 14.3 Å². The highest BCUT2D eigenvalue weighted by atomic mass is 79.9. The zero-order valence-electron chi connectivity index (χ0n) is 12.6. The molecule has 5 heteroatoms. The molecule has 0 bridgehead atoms.